The molecular weight excluding hydrogens is 342 g/mol. The van der Waals surface area contributed by atoms with Gasteiger partial charge in [-0.3, -0.25) is 9.59 Å². The van der Waals surface area contributed by atoms with Crippen molar-refractivity contribution >= 4 is 11.9 Å². The van der Waals surface area contributed by atoms with E-state index in [9.17, 15) is 14.7 Å². The smallest absolute Gasteiger partial charge is 0.313 e. The van der Waals surface area contributed by atoms with Gasteiger partial charge in [-0.15, -0.1) is 0 Å². The van der Waals surface area contributed by atoms with Crippen molar-refractivity contribution in [2.45, 2.75) is 12.8 Å². The highest BCUT2D eigenvalue weighted by Gasteiger charge is 2.44. The second-order valence-electron chi connectivity index (χ2n) is 6.26. The fourth-order valence-electron chi connectivity index (χ4n) is 3.30. The number of carboxylic acids is 1. The highest BCUT2D eigenvalue weighted by Crippen LogP contribution is 2.37. The van der Waals surface area contributed by atoms with Crippen LogP contribution in [0.2, 0.25) is 0 Å². The molecule has 2 rings (SSSR count). The van der Waals surface area contributed by atoms with Crippen molar-refractivity contribution in [3.05, 3.63) is 17.7 Å². The average molecular weight is 367 g/mol. The van der Waals surface area contributed by atoms with Crippen LogP contribution in [0.4, 0.5) is 0 Å². The van der Waals surface area contributed by atoms with Gasteiger partial charge < -0.3 is 29.0 Å². The van der Waals surface area contributed by atoms with E-state index in [-0.39, 0.29) is 19.1 Å². The Morgan fingerprint density at radius 2 is 1.69 bits per heavy atom. The van der Waals surface area contributed by atoms with Crippen molar-refractivity contribution in [2.24, 2.45) is 5.41 Å². The second-order valence-corrected chi connectivity index (χ2v) is 6.26. The lowest BCUT2D eigenvalue weighted by atomic mass is 9.80. The van der Waals surface area contributed by atoms with Crippen LogP contribution < -0.4 is 14.2 Å². The van der Waals surface area contributed by atoms with Crippen LogP contribution in [0.5, 0.6) is 17.2 Å². The van der Waals surface area contributed by atoms with E-state index in [4.69, 9.17) is 18.9 Å². The minimum atomic E-state index is -1.10. The highest BCUT2D eigenvalue weighted by molar-refractivity contribution is 5.98. The number of nitrogens with zero attached hydrogens (tertiary/aromatic N) is 1. The summed E-state index contributed by atoms with van der Waals surface area (Å²) in [5, 5.41) is 9.66. The van der Waals surface area contributed by atoms with Gasteiger partial charge >= 0.3 is 5.97 Å². The lowest BCUT2D eigenvalue weighted by Gasteiger charge is -2.39. The van der Waals surface area contributed by atoms with Crippen molar-refractivity contribution in [3.63, 3.8) is 0 Å². The summed E-state index contributed by atoms with van der Waals surface area (Å²) in [6.45, 7) is 0.594. The molecule has 1 saturated heterocycles. The molecule has 144 valence electrons. The maximum atomic E-state index is 13.1. The van der Waals surface area contributed by atoms with Crippen LogP contribution in [0.1, 0.15) is 23.2 Å². The van der Waals surface area contributed by atoms with Gasteiger partial charge in [0.1, 0.15) is 11.2 Å². The Balaban J connectivity index is 2.37. The summed E-state index contributed by atoms with van der Waals surface area (Å²) in [4.78, 5) is 26.4. The number of aliphatic carboxylic acids is 1. The van der Waals surface area contributed by atoms with Crippen molar-refractivity contribution in [1.29, 1.82) is 0 Å². The molecule has 1 N–H and O–H groups in total. The Bertz CT molecular complexity index is 672. The first-order valence-corrected chi connectivity index (χ1v) is 8.24. The van der Waals surface area contributed by atoms with Crippen LogP contribution in [0.25, 0.3) is 0 Å². The number of piperidine rings is 1. The Hall–Kier alpha value is -2.48. The number of carbonyl (C=O) groups excluding carboxylic acids is 1. The standard InChI is InChI=1S/C18H25NO7/c1-23-11-18(17(21)22)6-5-7-19(10-18)16(20)12-8-14(25-3)15(26-4)9-13(12)24-2/h8-9H,5-7,10-11H2,1-4H3,(H,21,22). The molecule has 1 aliphatic heterocycles. The summed E-state index contributed by atoms with van der Waals surface area (Å²) >= 11 is 0. The minimum Gasteiger partial charge on any atom is -0.496 e. The molecule has 0 spiro atoms. The van der Waals surface area contributed by atoms with Gasteiger partial charge in [-0.05, 0) is 12.8 Å². The molecule has 0 radical (unpaired) electrons. The predicted octanol–water partition coefficient (Wildman–Crippen LogP) is 1.67. The molecule has 1 atom stereocenters. The molecule has 1 heterocycles. The number of rotatable bonds is 7. The summed E-state index contributed by atoms with van der Waals surface area (Å²) in [6, 6.07) is 3.13. The summed E-state index contributed by atoms with van der Waals surface area (Å²) < 4.78 is 20.9. The molecular formula is C18H25NO7. The van der Waals surface area contributed by atoms with Crippen LogP contribution in [0.3, 0.4) is 0 Å². The summed E-state index contributed by atoms with van der Waals surface area (Å²) in [7, 11) is 5.90. The zero-order valence-corrected chi connectivity index (χ0v) is 15.5. The van der Waals surface area contributed by atoms with Gasteiger partial charge in [0.05, 0.1) is 33.5 Å². The van der Waals surface area contributed by atoms with Crippen LogP contribution in [-0.4, -0.2) is 70.0 Å². The lowest BCUT2D eigenvalue weighted by Crippen LogP contribution is -2.52. The maximum Gasteiger partial charge on any atom is 0.313 e. The predicted molar refractivity (Wildman–Crippen MR) is 93.2 cm³/mol. The van der Waals surface area contributed by atoms with Crippen LogP contribution in [0.15, 0.2) is 12.1 Å². The van der Waals surface area contributed by atoms with Crippen molar-refractivity contribution in [3.8, 4) is 17.2 Å². The second kappa shape index (κ2) is 8.27. The van der Waals surface area contributed by atoms with E-state index < -0.39 is 11.4 Å². The number of ether oxygens (including phenoxy) is 4. The Morgan fingerprint density at radius 3 is 2.23 bits per heavy atom. The number of methoxy groups -OCH3 is 4. The first-order valence-electron chi connectivity index (χ1n) is 8.24. The number of likely N-dealkylation sites (tertiary alicyclic amines) is 1. The summed E-state index contributed by atoms with van der Waals surface area (Å²) in [5.74, 6) is -0.0971. The van der Waals surface area contributed by atoms with Gasteiger partial charge in [0, 0.05) is 32.3 Å². The van der Waals surface area contributed by atoms with Crippen molar-refractivity contribution < 1.29 is 33.6 Å². The zero-order valence-electron chi connectivity index (χ0n) is 15.5. The molecule has 1 aromatic rings. The molecule has 1 aliphatic rings. The fourth-order valence-corrected chi connectivity index (χ4v) is 3.30. The van der Waals surface area contributed by atoms with E-state index in [1.54, 1.807) is 12.1 Å². The van der Waals surface area contributed by atoms with E-state index >= 15 is 0 Å². The Kier molecular flexibility index (Phi) is 6.31. The molecule has 1 unspecified atom stereocenters. The lowest BCUT2D eigenvalue weighted by molar-refractivity contribution is -0.155. The quantitative estimate of drug-likeness (QED) is 0.783. The number of carbonyl (C=O) groups is 2. The molecule has 0 saturated carbocycles. The van der Waals surface area contributed by atoms with Gasteiger partial charge in [-0.25, -0.2) is 0 Å². The van der Waals surface area contributed by atoms with Gasteiger partial charge in [-0.1, -0.05) is 0 Å². The monoisotopic (exact) mass is 367 g/mol. The van der Waals surface area contributed by atoms with Gasteiger partial charge in [0.25, 0.3) is 5.91 Å². The summed E-state index contributed by atoms with van der Waals surface area (Å²) in [6.07, 6.45) is 1.04. The van der Waals surface area contributed by atoms with Gasteiger partial charge in [0.15, 0.2) is 11.5 Å². The van der Waals surface area contributed by atoms with Gasteiger partial charge in [-0.2, -0.15) is 0 Å². The molecule has 8 nitrogen and oxygen atoms in total. The number of hydrogen-bond acceptors (Lipinski definition) is 6. The number of hydrogen-bond donors (Lipinski definition) is 1. The van der Waals surface area contributed by atoms with Crippen molar-refractivity contribution in [1.82, 2.24) is 4.90 Å². The normalized spacial score (nSPS) is 19.8. The van der Waals surface area contributed by atoms with Crippen LogP contribution in [0, 0.1) is 5.41 Å². The molecule has 1 amide bonds. The third-order valence-electron chi connectivity index (χ3n) is 4.67. The highest BCUT2D eigenvalue weighted by atomic mass is 16.5. The van der Waals surface area contributed by atoms with E-state index in [0.29, 0.717) is 42.2 Å². The maximum absolute atomic E-state index is 13.1. The Morgan fingerprint density at radius 1 is 1.08 bits per heavy atom. The molecule has 0 bridgehead atoms. The van der Waals surface area contributed by atoms with Crippen molar-refractivity contribution in [2.75, 3.05) is 48.1 Å². The van der Waals surface area contributed by atoms with Crippen LogP contribution >= 0.6 is 0 Å². The SMILES string of the molecule is COCC1(C(=O)O)CCCN(C(=O)c2cc(OC)c(OC)cc2OC)C1. The Labute approximate surface area is 152 Å². The molecule has 0 aromatic heterocycles. The topological polar surface area (TPSA) is 94.5 Å². The first kappa shape index (κ1) is 19.8. The number of amides is 1. The van der Waals surface area contributed by atoms with E-state index in [2.05, 4.69) is 0 Å². The number of benzene rings is 1. The zero-order chi connectivity index (χ0) is 19.3. The largest absolute Gasteiger partial charge is 0.496 e. The first-order chi connectivity index (χ1) is 12.4. The number of carboxylic acid groups (broad SMARTS) is 1. The van der Waals surface area contributed by atoms with Gasteiger partial charge in [0.2, 0.25) is 0 Å². The fraction of sp³-hybridized carbons (Fsp3) is 0.556. The van der Waals surface area contributed by atoms with E-state index in [0.717, 1.165) is 0 Å². The molecule has 26 heavy (non-hydrogen) atoms. The van der Waals surface area contributed by atoms with E-state index in [1.165, 1.54) is 33.3 Å². The van der Waals surface area contributed by atoms with Crippen LogP contribution in [-0.2, 0) is 9.53 Å². The molecule has 0 aliphatic carbocycles. The third kappa shape index (κ3) is 3.70. The average Bonchev–Trinajstić information content (AvgIpc) is 2.66. The third-order valence-corrected chi connectivity index (χ3v) is 4.67. The molecule has 1 aromatic carbocycles. The minimum absolute atomic E-state index is 0.0508. The molecule has 1 fully saturated rings. The van der Waals surface area contributed by atoms with E-state index in [1.807, 2.05) is 0 Å². The summed E-state index contributed by atoms with van der Waals surface area (Å²) in [5.41, 5.74) is -0.810. The molecule has 8 heteroatoms.